The molecule has 0 aromatic rings. The van der Waals surface area contributed by atoms with E-state index in [1.165, 1.54) is 32.5 Å². The van der Waals surface area contributed by atoms with Gasteiger partial charge < -0.3 is 5.32 Å². The third-order valence-electron chi connectivity index (χ3n) is 2.54. The Morgan fingerprint density at radius 2 is 2.36 bits per heavy atom. The quantitative estimate of drug-likeness (QED) is 0.664. The van der Waals surface area contributed by atoms with Crippen LogP contribution in [0.5, 0.6) is 0 Å². The zero-order valence-corrected chi connectivity index (χ0v) is 7.77. The van der Waals surface area contributed by atoms with Gasteiger partial charge in [0.05, 0.1) is 0 Å². The van der Waals surface area contributed by atoms with E-state index in [0.717, 1.165) is 12.6 Å². The standard InChI is InChI=1S/C9H20N2.H2/c1-3-10-8-9-6-5-7-11(9)4-2;/h9-10H,3-8H2,1-2H3;1H/t9-;/m0./s1. The molecule has 11 heavy (non-hydrogen) atoms. The molecule has 0 aromatic heterocycles. The van der Waals surface area contributed by atoms with Crippen molar-refractivity contribution in [1.82, 2.24) is 10.2 Å². The fourth-order valence-corrected chi connectivity index (χ4v) is 1.85. The summed E-state index contributed by atoms with van der Waals surface area (Å²) in [6, 6.07) is 0.819. The molecule has 0 saturated carbocycles. The fourth-order valence-electron chi connectivity index (χ4n) is 1.85. The van der Waals surface area contributed by atoms with Crippen LogP contribution in [0, 0.1) is 0 Å². The molecular formula is C9H22N2. The summed E-state index contributed by atoms with van der Waals surface area (Å²) in [5.74, 6) is 0. The predicted molar refractivity (Wildman–Crippen MR) is 50.9 cm³/mol. The Hall–Kier alpha value is -0.0800. The van der Waals surface area contributed by atoms with Gasteiger partial charge in [-0.15, -0.1) is 0 Å². The molecule has 1 N–H and O–H groups in total. The van der Waals surface area contributed by atoms with Gasteiger partial charge >= 0.3 is 0 Å². The number of likely N-dealkylation sites (N-methyl/N-ethyl adjacent to an activating group) is 2. The first-order valence-electron chi connectivity index (χ1n) is 4.83. The molecule has 1 rings (SSSR count). The predicted octanol–water partition coefficient (Wildman–Crippen LogP) is 1.33. The van der Waals surface area contributed by atoms with Gasteiger partial charge in [-0.1, -0.05) is 13.8 Å². The molecule has 1 saturated heterocycles. The Morgan fingerprint density at radius 1 is 1.55 bits per heavy atom. The van der Waals surface area contributed by atoms with Crippen LogP contribution in [0.2, 0.25) is 0 Å². The number of likely N-dealkylation sites (tertiary alicyclic amines) is 1. The molecule has 0 aliphatic carbocycles. The Bertz CT molecular complexity index is 109. The van der Waals surface area contributed by atoms with Crippen molar-refractivity contribution in [3.8, 4) is 0 Å². The number of hydrogen-bond donors (Lipinski definition) is 1. The molecule has 0 aromatic carbocycles. The molecule has 0 bridgehead atoms. The summed E-state index contributed by atoms with van der Waals surface area (Å²) in [4.78, 5) is 2.57. The maximum absolute atomic E-state index is 3.41. The third-order valence-corrected chi connectivity index (χ3v) is 2.54. The maximum atomic E-state index is 3.41. The van der Waals surface area contributed by atoms with Crippen LogP contribution in [0.3, 0.4) is 0 Å². The van der Waals surface area contributed by atoms with Gasteiger partial charge in [-0.3, -0.25) is 4.90 Å². The molecule has 0 amide bonds. The van der Waals surface area contributed by atoms with Crippen LogP contribution in [-0.2, 0) is 0 Å². The average molecular weight is 158 g/mol. The summed E-state index contributed by atoms with van der Waals surface area (Å²) in [5.41, 5.74) is 0. The topological polar surface area (TPSA) is 15.3 Å². The second-order valence-corrected chi connectivity index (χ2v) is 3.23. The molecule has 2 nitrogen and oxygen atoms in total. The molecule has 1 heterocycles. The molecule has 0 unspecified atom stereocenters. The minimum Gasteiger partial charge on any atom is -0.315 e. The minimum absolute atomic E-state index is 0. The van der Waals surface area contributed by atoms with Crippen LogP contribution in [0.1, 0.15) is 28.1 Å². The summed E-state index contributed by atoms with van der Waals surface area (Å²) in [6.07, 6.45) is 2.78. The van der Waals surface area contributed by atoms with E-state index in [0.29, 0.717) is 0 Å². The van der Waals surface area contributed by atoms with E-state index in [1.807, 2.05) is 0 Å². The zero-order chi connectivity index (χ0) is 8.10. The first-order valence-corrected chi connectivity index (χ1v) is 4.83. The summed E-state index contributed by atoms with van der Waals surface area (Å²) < 4.78 is 0. The maximum Gasteiger partial charge on any atom is 0.0220 e. The fraction of sp³-hybridized carbons (Fsp3) is 1.00. The zero-order valence-electron chi connectivity index (χ0n) is 7.77. The Morgan fingerprint density at radius 3 is 3.00 bits per heavy atom. The highest BCUT2D eigenvalue weighted by Crippen LogP contribution is 2.15. The highest BCUT2D eigenvalue weighted by molar-refractivity contribution is 4.79. The molecule has 1 aliphatic heterocycles. The van der Waals surface area contributed by atoms with Crippen molar-refractivity contribution in [2.24, 2.45) is 0 Å². The number of nitrogens with zero attached hydrogens (tertiary/aromatic N) is 1. The number of hydrogen-bond acceptors (Lipinski definition) is 2. The van der Waals surface area contributed by atoms with Crippen molar-refractivity contribution in [2.45, 2.75) is 32.7 Å². The molecular weight excluding hydrogens is 136 g/mol. The van der Waals surface area contributed by atoms with Crippen LogP contribution < -0.4 is 5.32 Å². The Balaban J connectivity index is 0.00000121. The van der Waals surface area contributed by atoms with E-state index in [2.05, 4.69) is 24.1 Å². The van der Waals surface area contributed by atoms with Crippen LogP contribution in [0.15, 0.2) is 0 Å². The van der Waals surface area contributed by atoms with Crippen molar-refractivity contribution < 1.29 is 1.43 Å². The SMILES string of the molecule is CCNC[C@@H]1CCCN1CC.[HH]. The van der Waals surface area contributed by atoms with Crippen molar-refractivity contribution in [3.63, 3.8) is 0 Å². The van der Waals surface area contributed by atoms with E-state index in [4.69, 9.17) is 0 Å². The lowest BCUT2D eigenvalue weighted by molar-refractivity contribution is 0.261. The van der Waals surface area contributed by atoms with E-state index in [9.17, 15) is 0 Å². The first-order chi connectivity index (χ1) is 5.38. The lowest BCUT2D eigenvalue weighted by atomic mass is 10.2. The second-order valence-electron chi connectivity index (χ2n) is 3.23. The summed E-state index contributed by atoms with van der Waals surface area (Å²) in [5, 5.41) is 3.41. The van der Waals surface area contributed by atoms with Gasteiger partial charge in [0.25, 0.3) is 0 Å². The largest absolute Gasteiger partial charge is 0.315 e. The summed E-state index contributed by atoms with van der Waals surface area (Å²) >= 11 is 0. The highest BCUT2D eigenvalue weighted by Gasteiger charge is 2.21. The average Bonchev–Trinajstić information content (AvgIpc) is 2.47. The summed E-state index contributed by atoms with van der Waals surface area (Å²) in [7, 11) is 0. The van der Waals surface area contributed by atoms with E-state index in [-0.39, 0.29) is 1.43 Å². The van der Waals surface area contributed by atoms with E-state index >= 15 is 0 Å². The van der Waals surface area contributed by atoms with Gasteiger partial charge in [-0.2, -0.15) is 0 Å². The van der Waals surface area contributed by atoms with Gasteiger partial charge in [-0.25, -0.2) is 0 Å². The van der Waals surface area contributed by atoms with E-state index in [1.54, 1.807) is 0 Å². The highest BCUT2D eigenvalue weighted by atomic mass is 15.2. The molecule has 2 heteroatoms. The van der Waals surface area contributed by atoms with Crippen LogP contribution >= 0.6 is 0 Å². The van der Waals surface area contributed by atoms with Crippen molar-refractivity contribution in [3.05, 3.63) is 0 Å². The van der Waals surface area contributed by atoms with Crippen LogP contribution in [0.4, 0.5) is 0 Å². The molecule has 1 aliphatic rings. The molecule has 1 atom stereocenters. The van der Waals surface area contributed by atoms with Gasteiger partial charge in [0, 0.05) is 14.0 Å². The van der Waals surface area contributed by atoms with Crippen LogP contribution in [0.25, 0.3) is 0 Å². The molecule has 0 spiro atoms. The minimum atomic E-state index is 0. The first kappa shape index (κ1) is 9.01. The lowest BCUT2D eigenvalue weighted by Gasteiger charge is -2.22. The molecule has 68 valence electrons. The summed E-state index contributed by atoms with van der Waals surface area (Å²) in [6.45, 7) is 9.25. The van der Waals surface area contributed by atoms with Gasteiger partial charge in [0.1, 0.15) is 0 Å². The Labute approximate surface area is 71.4 Å². The lowest BCUT2D eigenvalue weighted by Crippen LogP contribution is -2.37. The third kappa shape index (κ3) is 2.46. The van der Waals surface area contributed by atoms with Crippen molar-refractivity contribution in [2.75, 3.05) is 26.2 Å². The smallest absolute Gasteiger partial charge is 0.0220 e. The second kappa shape index (κ2) is 4.73. The Kier molecular flexibility index (Phi) is 3.87. The van der Waals surface area contributed by atoms with Crippen molar-refractivity contribution >= 4 is 0 Å². The van der Waals surface area contributed by atoms with E-state index < -0.39 is 0 Å². The van der Waals surface area contributed by atoms with Gasteiger partial charge in [0.15, 0.2) is 0 Å². The van der Waals surface area contributed by atoms with Crippen LogP contribution in [-0.4, -0.2) is 37.1 Å². The monoisotopic (exact) mass is 158 g/mol. The molecule has 0 radical (unpaired) electrons. The molecule has 1 fully saturated rings. The van der Waals surface area contributed by atoms with Gasteiger partial charge in [-0.05, 0) is 32.5 Å². The van der Waals surface area contributed by atoms with Gasteiger partial charge in [0.2, 0.25) is 0 Å². The normalized spacial score (nSPS) is 26.2. The number of rotatable bonds is 4. The number of nitrogens with one attached hydrogen (secondary N) is 1. The van der Waals surface area contributed by atoms with Crippen molar-refractivity contribution in [1.29, 1.82) is 0 Å².